The van der Waals surface area contributed by atoms with Crippen LogP contribution in [0.3, 0.4) is 0 Å². The van der Waals surface area contributed by atoms with Crippen molar-refractivity contribution in [1.29, 1.82) is 0 Å². The molecule has 2 heterocycles. The molecule has 0 aromatic carbocycles. The maximum Gasteiger partial charge on any atom is 0.336 e. The van der Waals surface area contributed by atoms with Crippen LogP contribution in [-0.2, 0) is 19.6 Å². The second-order valence-electron chi connectivity index (χ2n) is 14.2. The average molecular weight is 706 g/mol. The van der Waals surface area contributed by atoms with Crippen LogP contribution in [0.2, 0.25) is 0 Å². The highest BCUT2D eigenvalue weighted by Crippen LogP contribution is 2.19. The van der Waals surface area contributed by atoms with Gasteiger partial charge in [-0.25, -0.2) is 47.5 Å². The molecule has 1 aliphatic rings. The first-order chi connectivity index (χ1) is 24.3. The lowest BCUT2D eigenvalue weighted by atomic mass is 10.1. The third kappa shape index (κ3) is 17.0. The number of hydrogen-bond acceptors (Lipinski definition) is 5. The van der Waals surface area contributed by atoms with E-state index in [9.17, 15) is 24.0 Å². The minimum atomic E-state index is -0.418. The molecule has 0 radical (unpaired) electrons. The predicted octanol–water partition coefficient (Wildman–Crippen LogP) is 9.87. The van der Waals surface area contributed by atoms with E-state index >= 15 is 0 Å². The van der Waals surface area contributed by atoms with Gasteiger partial charge in [-0.05, 0) is 32.1 Å². The standard InChI is InChI=1S/C24H45N3O3.C16H30N2O2/c1-4-7-10-13-16-19-25-22(28)26(20-17-14-11-8-5-2)24(30)27(23(25)29)21-18-15-12-9-6-3;1-3-5-7-9-11-13-17-15(19)18(16(17)20)14-12-10-8-6-4-2/h4-21H2,1-3H3;3-14H2,1-2H3. The van der Waals surface area contributed by atoms with Crippen LogP contribution in [-0.4, -0.2) is 48.7 Å². The van der Waals surface area contributed by atoms with E-state index in [0.717, 1.165) is 103 Å². The lowest BCUT2D eigenvalue weighted by molar-refractivity contribution is 0.104. The monoisotopic (exact) mass is 706 g/mol. The van der Waals surface area contributed by atoms with Crippen molar-refractivity contribution in [2.75, 3.05) is 13.1 Å². The number of carbonyl (C=O) groups excluding carboxylic acids is 2. The minimum absolute atomic E-state index is 0.0824. The van der Waals surface area contributed by atoms with E-state index in [1.54, 1.807) is 0 Å². The smallest absolute Gasteiger partial charge is 0.247 e. The van der Waals surface area contributed by atoms with E-state index in [1.807, 2.05) is 0 Å². The normalized spacial score (nSPS) is 12.7. The zero-order chi connectivity index (χ0) is 37.0. The van der Waals surface area contributed by atoms with Crippen molar-refractivity contribution in [3.8, 4) is 0 Å². The summed E-state index contributed by atoms with van der Waals surface area (Å²) in [5, 5.41) is 0. The number of rotatable bonds is 30. The maximum atomic E-state index is 12.9. The number of unbranched alkanes of at least 4 members (excludes halogenated alkanes) is 20. The first kappa shape index (κ1) is 45.4. The molecule has 1 fully saturated rings. The highest BCUT2D eigenvalue weighted by atomic mass is 16.2. The van der Waals surface area contributed by atoms with Crippen LogP contribution >= 0.6 is 0 Å². The number of aromatic nitrogens is 3. The van der Waals surface area contributed by atoms with Crippen LogP contribution < -0.4 is 17.1 Å². The summed E-state index contributed by atoms with van der Waals surface area (Å²) in [6.45, 7) is 13.3. The summed E-state index contributed by atoms with van der Waals surface area (Å²) in [4.78, 5) is 65.3. The molecule has 1 aromatic heterocycles. The molecule has 50 heavy (non-hydrogen) atoms. The molecule has 0 saturated carbocycles. The molecule has 1 aromatic rings. The molecule has 4 amide bonds. The molecule has 0 unspecified atom stereocenters. The molecule has 10 nitrogen and oxygen atoms in total. The lowest BCUT2D eigenvalue weighted by Gasteiger charge is -2.39. The summed E-state index contributed by atoms with van der Waals surface area (Å²) in [6, 6.07) is -0.165. The molecule has 2 rings (SSSR count). The fourth-order valence-corrected chi connectivity index (χ4v) is 6.42. The second kappa shape index (κ2) is 29.0. The first-order valence-electron chi connectivity index (χ1n) is 20.9. The fraction of sp³-hybridized carbons (Fsp3) is 0.875. The topological polar surface area (TPSA) is 107 Å². The van der Waals surface area contributed by atoms with Gasteiger partial charge >= 0.3 is 29.1 Å². The van der Waals surface area contributed by atoms with Crippen molar-refractivity contribution in [2.45, 2.75) is 215 Å². The average Bonchev–Trinajstić information content (AvgIpc) is 3.11. The third-order valence-corrected chi connectivity index (χ3v) is 9.74. The molecule has 1 saturated heterocycles. The van der Waals surface area contributed by atoms with Gasteiger partial charge in [-0.2, -0.15) is 0 Å². The van der Waals surface area contributed by atoms with Crippen molar-refractivity contribution in [3.63, 3.8) is 0 Å². The zero-order valence-electron chi connectivity index (χ0n) is 33.0. The van der Waals surface area contributed by atoms with Crippen molar-refractivity contribution >= 4 is 12.1 Å². The van der Waals surface area contributed by atoms with Crippen LogP contribution in [0.4, 0.5) is 9.59 Å². The Balaban J connectivity index is 0.000000542. The highest BCUT2D eigenvalue weighted by molar-refractivity contribution is 6.11. The molecule has 10 heteroatoms. The molecule has 290 valence electrons. The van der Waals surface area contributed by atoms with Crippen molar-refractivity contribution in [2.24, 2.45) is 0 Å². The Labute approximate surface area is 304 Å². The van der Waals surface area contributed by atoms with Crippen molar-refractivity contribution < 1.29 is 9.59 Å². The molecular formula is C40H75N5O5. The number of urea groups is 2. The number of carbonyl (C=O) groups is 2. The Morgan fingerprint density at radius 1 is 0.280 bits per heavy atom. The van der Waals surface area contributed by atoms with Gasteiger partial charge in [-0.3, -0.25) is 0 Å². The molecule has 0 bridgehead atoms. The summed E-state index contributed by atoms with van der Waals surface area (Å²) in [6.07, 6.45) is 27.2. The maximum absolute atomic E-state index is 12.9. The molecule has 0 atom stereocenters. The summed E-state index contributed by atoms with van der Waals surface area (Å²) in [7, 11) is 0. The highest BCUT2D eigenvalue weighted by Gasteiger charge is 2.42. The van der Waals surface area contributed by atoms with Gasteiger partial charge in [0.25, 0.3) is 0 Å². The van der Waals surface area contributed by atoms with Gasteiger partial charge in [0.15, 0.2) is 0 Å². The largest absolute Gasteiger partial charge is 0.336 e. The third-order valence-electron chi connectivity index (χ3n) is 9.74. The SMILES string of the molecule is CCCCCCCN1C(=O)N(CCCCCCC)C1=O.CCCCCCCn1c(=O)n(CCCCCCC)c(=O)n(CCCCCCC)c1=O. The summed E-state index contributed by atoms with van der Waals surface area (Å²) < 4.78 is 3.93. The van der Waals surface area contributed by atoms with E-state index in [4.69, 9.17) is 0 Å². The summed E-state index contributed by atoms with van der Waals surface area (Å²) >= 11 is 0. The number of imide groups is 2. The second-order valence-corrected chi connectivity index (χ2v) is 14.2. The molecule has 1 aliphatic heterocycles. The number of hydrogen-bond donors (Lipinski definition) is 0. The van der Waals surface area contributed by atoms with Crippen LogP contribution in [0.5, 0.6) is 0 Å². The quantitative estimate of drug-likeness (QED) is 0.0741. The zero-order valence-corrected chi connectivity index (χ0v) is 33.0. The Hall–Kier alpha value is -2.65. The van der Waals surface area contributed by atoms with Crippen molar-refractivity contribution in [1.82, 2.24) is 23.5 Å². The van der Waals surface area contributed by atoms with Gasteiger partial charge < -0.3 is 0 Å². The number of amides is 4. The first-order valence-corrected chi connectivity index (χ1v) is 20.9. The van der Waals surface area contributed by atoms with Gasteiger partial charge in [-0.1, -0.05) is 163 Å². The van der Waals surface area contributed by atoms with Gasteiger partial charge in [0.1, 0.15) is 0 Å². The van der Waals surface area contributed by atoms with E-state index in [0.29, 0.717) is 32.7 Å². The summed E-state index contributed by atoms with van der Waals surface area (Å²) in [5.74, 6) is 0. The van der Waals surface area contributed by atoms with Crippen LogP contribution in [0.1, 0.15) is 195 Å². The lowest BCUT2D eigenvalue weighted by Crippen LogP contribution is -2.64. The molecular weight excluding hydrogens is 630 g/mol. The van der Waals surface area contributed by atoms with Crippen molar-refractivity contribution in [3.05, 3.63) is 31.5 Å². The van der Waals surface area contributed by atoms with Gasteiger partial charge in [0.05, 0.1) is 0 Å². The van der Waals surface area contributed by atoms with Crippen LogP contribution in [0.15, 0.2) is 14.4 Å². The minimum Gasteiger partial charge on any atom is -0.247 e. The van der Waals surface area contributed by atoms with Crippen LogP contribution in [0, 0.1) is 0 Å². The van der Waals surface area contributed by atoms with Gasteiger partial charge in [-0.15, -0.1) is 0 Å². The summed E-state index contributed by atoms with van der Waals surface area (Å²) in [5.41, 5.74) is -1.25. The molecule has 0 spiro atoms. The Kier molecular flexibility index (Phi) is 26.3. The number of nitrogens with zero attached hydrogens (tertiary/aromatic N) is 5. The Bertz CT molecular complexity index is 1050. The molecule has 0 aliphatic carbocycles. The van der Waals surface area contributed by atoms with E-state index in [1.165, 1.54) is 81.3 Å². The van der Waals surface area contributed by atoms with Crippen LogP contribution in [0.25, 0.3) is 0 Å². The van der Waals surface area contributed by atoms with Gasteiger partial charge in [0, 0.05) is 32.7 Å². The van der Waals surface area contributed by atoms with E-state index in [2.05, 4.69) is 34.6 Å². The Morgan fingerprint density at radius 2 is 0.480 bits per heavy atom. The Morgan fingerprint density at radius 3 is 0.700 bits per heavy atom. The molecule has 0 N–H and O–H groups in total. The predicted molar refractivity (Wildman–Crippen MR) is 207 cm³/mol. The van der Waals surface area contributed by atoms with E-state index < -0.39 is 17.1 Å². The van der Waals surface area contributed by atoms with Gasteiger partial charge in [0.2, 0.25) is 0 Å². The van der Waals surface area contributed by atoms with E-state index in [-0.39, 0.29) is 12.1 Å². The fourth-order valence-electron chi connectivity index (χ4n) is 6.42.